The van der Waals surface area contributed by atoms with Crippen LogP contribution in [0.2, 0.25) is 0 Å². The summed E-state index contributed by atoms with van der Waals surface area (Å²) in [6, 6.07) is 12.6. The molecule has 2 atom stereocenters. The van der Waals surface area contributed by atoms with E-state index < -0.39 is 6.10 Å². The minimum Gasteiger partial charge on any atom is -0.497 e. The summed E-state index contributed by atoms with van der Waals surface area (Å²) in [5, 5.41) is 2.99. The first kappa shape index (κ1) is 20.4. The van der Waals surface area contributed by atoms with Crippen molar-refractivity contribution >= 4 is 5.91 Å². The second kappa shape index (κ2) is 9.71. The van der Waals surface area contributed by atoms with E-state index in [1.54, 1.807) is 33.5 Å². The van der Waals surface area contributed by atoms with E-state index in [1.165, 1.54) is 0 Å². The van der Waals surface area contributed by atoms with Crippen LogP contribution in [0.5, 0.6) is 23.0 Å². The van der Waals surface area contributed by atoms with Gasteiger partial charge < -0.3 is 24.3 Å². The zero-order valence-corrected chi connectivity index (χ0v) is 16.4. The number of benzene rings is 2. The Bertz CT molecular complexity index is 762. The summed E-state index contributed by atoms with van der Waals surface area (Å²) < 4.78 is 21.6. The van der Waals surface area contributed by atoms with Gasteiger partial charge in [-0.05, 0) is 43.2 Å². The molecule has 0 radical (unpaired) electrons. The van der Waals surface area contributed by atoms with Crippen molar-refractivity contribution in [2.24, 2.45) is 0 Å². The Morgan fingerprint density at radius 1 is 0.963 bits per heavy atom. The second-order valence-corrected chi connectivity index (χ2v) is 6.04. The molecule has 146 valence electrons. The molecule has 0 saturated heterocycles. The number of carbonyl (C=O) groups excluding carboxylic acids is 1. The van der Waals surface area contributed by atoms with E-state index in [4.69, 9.17) is 18.9 Å². The first-order valence-electron chi connectivity index (χ1n) is 8.85. The Hall–Kier alpha value is -2.89. The van der Waals surface area contributed by atoms with Crippen LogP contribution in [0.3, 0.4) is 0 Å². The molecule has 0 aliphatic carbocycles. The van der Waals surface area contributed by atoms with Gasteiger partial charge in [-0.2, -0.15) is 0 Å². The molecule has 2 aromatic carbocycles. The molecule has 1 N–H and O–H groups in total. The number of hydrogen-bond donors (Lipinski definition) is 1. The highest BCUT2D eigenvalue weighted by Gasteiger charge is 2.21. The summed E-state index contributed by atoms with van der Waals surface area (Å²) >= 11 is 0. The SMILES string of the molecule is CC[C@H](Oc1cccc(OC)c1)C(=O)N[C@H](C)c1ccc(OC)c(OC)c1. The van der Waals surface area contributed by atoms with Crippen LogP contribution in [0.1, 0.15) is 31.9 Å². The molecule has 27 heavy (non-hydrogen) atoms. The highest BCUT2D eigenvalue weighted by atomic mass is 16.5. The van der Waals surface area contributed by atoms with Crippen LogP contribution >= 0.6 is 0 Å². The van der Waals surface area contributed by atoms with E-state index in [2.05, 4.69) is 5.32 Å². The van der Waals surface area contributed by atoms with E-state index in [0.717, 1.165) is 5.56 Å². The van der Waals surface area contributed by atoms with Gasteiger partial charge in [0.2, 0.25) is 0 Å². The van der Waals surface area contributed by atoms with Crippen molar-refractivity contribution in [2.75, 3.05) is 21.3 Å². The van der Waals surface area contributed by atoms with Crippen molar-refractivity contribution in [3.8, 4) is 23.0 Å². The quantitative estimate of drug-likeness (QED) is 0.725. The van der Waals surface area contributed by atoms with Gasteiger partial charge in [-0.1, -0.05) is 19.1 Å². The van der Waals surface area contributed by atoms with Crippen molar-refractivity contribution in [1.29, 1.82) is 0 Å². The third kappa shape index (κ3) is 5.29. The molecule has 1 amide bonds. The molecule has 6 heteroatoms. The van der Waals surface area contributed by atoms with Crippen molar-refractivity contribution in [3.05, 3.63) is 48.0 Å². The molecule has 2 rings (SSSR count). The molecule has 0 bridgehead atoms. The third-order valence-corrected chi connectivity index (χ3v) is 4.25. The van der Waals surface area contributed by atoms with Crippen LogP contribution in [0.15, 0.2) is 42.5 Å². The van der Waals surface area contributed by atoms with Gasteiger partial charge in [-0.3, -0.25) is 4.79 Å². The fraction of sp³-hybridized carbons (Fsp3) is 0.381. The fourth-order valence-electron chi connectivity index (χ4n) is 2.67. The van der Waals surface area contributed by atoms with Gasteiger partial charge >= 0.3 is 0 Å². The highest BCUT2D eigenvalue weighted by molar-refractivity contribution is 5.81. The Kier molecular flexibility index (Phi) is 7.34. The van der Waals surface area contributed by atoms with Gasteiger partial charge in [0.15, 0.2) is 17.6 Å². The van der Waals surface area contributed by atoms with Gasteiger partial charge in [0.05, 0.1) is 27.4 Å². The van der Waals surface area contributed by atoms with Crippen LogP contribution < -0.4 is 24.3 Å². The number of rotatable bonds is 9. The minimum absolute atomic E-state index is 0.178. The van der Waals surface area contributed by atoms with Gasteiger partial charge in [-0.25, -0.2) is 0 Å². The van der Waals surface area contributed by atoms with Gasteiger partial charge in [0.25, 0.3) is 5.91 Å². The summed E-state index contributed by atoms with van der Waals surface area (Å²) in [7, 11) is 4.76. The number of methoxy groups -OCH3 is 3. The Morgan fingerprint density at radius 2 is 1.67 bits per heavy atom. The van der Waals surface area contributed by atoms with Crippen LogP contribution in [-0.4, -0.2) is 33.3 Å². The van der Waals surface area contributed by atoms with Gasteiger partial charge in [-0.15, -0.1) is 0 Å². The number of carbonyl (C=O) groups is 1. The zero-order valence-electron chi connectivity index (χ0n) is 16.4. The minimum atomic E-state index is -0.597. The average molecular weight is 373 g/mol. The molecule has 0 spiro atoms. The summed E-state index contributed by atoms with van der Waals surface area (Å²) in [6.45, 7) is 3.82. The van der Waals surface area contributed by atoms with Gasteiger partial charge in [0.1, 0.15) is 11.5 Å². The second-order valence-electron chi connectivity index (χ2n) is 6.04. The largest absolute Gasteiger partial charge is 0.497 e. The highest BCUT2D eigenvalue weighted by Crippen LogP contribution is 2.30. The fourth-order valence-corrected chi connectivity index (χ4v) is 2.67. The molecule has 0 fully saturated rings. The van der Waals surface area contributed by atoms with Crippen LogP contribution in [0.25, 0.3) is 0 Å². The molecule has 0 saturated carbocycles. The average Bonchev–Trinajstić information content (AvgIpc) is 2.71. The van der Waals surface area contributed by atoms with E-state index in [9.17, 15) is 4.79 Å². The number of ether oxygens (including phenoxy) is 4. The predicted molar refractivity (Wildman–Crippen MR) is 104 cm³/mol. The van der Waals surface area contributed by atoms with Crippen molar-refractivity contribution in [1.82, 2.24) is 5.32 Å². The van der Waals surface area contributed by atoms with E-state index in [0.29, 0.717) is 29.4 Å². The molecule has 0 unspecified atom stereocenters. The van der Waals surface area contributed by atoms with E-state index in [-0.39, 0.29) is 11.9 Å². The lowest BCUT2D eigenvalue weighted by Gasteiger charge is -2.21. The number of nitrogens with one attached hydrogen (secondary N) is 1. The Labute approximate surface area is 160 Å². The maximum atomic E-state index is 12.7. The zero-order chi connectivity index (χ0) is 19.8. The molecule has 2 aromatic rings. The lowest BCUT2D eigenvalue weighted by atomic mass is 10.1. The molecule has 0 aromatic heterocycles. The smallest absolute Gasteiger partial charge is 0.261 e. The first-order chi connectivity index (χ1) is 13.0. The van der Waals surface area contributed by atoms with Crippen LogP contribution in [0, 0.1) is 0 Å². The van der Waals surface area contributed by atoms with Crippen LogP contribution in [-0.2, 0) is 4.79 Å². The Morgan fingerprint density at radius 3 is 2.30 bits per heavy atom. The van der Waals surface area contributed by atoms with E-state index >= 15 is 0 Å². The maximum absolute atomic E-state index is 12.7. The van der Waals surface area contributed by atoms with Crippen molar-refractivity contribution in [2.45, 2.75) is 32.4 Å². The third-order valence-electron chi connectivity index (χ3n) is 4.25. The predicted octanol–water partition coefficient (Wildman–Crippen LogP) is 3.75. The molecular weight excluding hydrogens is 346 g/mol. The molecule has 0 heterocycles. The Balaban J connectivity index is 2.06. The molecular formula is C21H27NO5. The summed E-state index contributed by atoms with van der Waals surface area (Å²) in [5.41, 5.74) is 0.914. The van der Waals surface area contributed by atoms with Crippen LogP contribution in [0.4, 0.5) is 0 Å². The van der Waals surface area contributed by atoms with E-state index in [1.807, 2.05) is 44.2 Å². The molecule has 0 aliphatic rings. The normalized spacial score (nSPS) is 12.6. The summed E-state index contributed by atoms with van der Waals surface area (Å²) in [4.78, 5) is 12.7. The topological polar surface area (TPSA) is 66.0 Å². The monoisotopic (exact) mass is 373 g/mol. The first-order valence-corrected chi connectivity index (χ1v) is 8.85. The lowest BCUT2D eigenvalue weighted by Crippen LogP contribution is -2.39. The van der Waals surface area contributed by atoms with Gasteiger partial charge in [0, 0.05) is 6.07 Å². The maximum Gasteiger partial charge on any atom is 0.261 e. The molecule has 6 nitrogen and oxygen atoms in total. The lowest BCUT2D eigenvalue weighted by molar-refractivity contribution is -0.128. The van der Waals surface area contributed by atoms with Crippen molar-refractivity contribution in [3.63, 3.8) is 0 Å². The standard InChI is InChI=1S/C21H27NO5/c1-6-18(27-17-9-7-8-16(13-17)24-3)21(23)22-14(2)15-10-11-19(25-4)20(12-15)26-5/h7-14,18H,6H2,1-5H3,(H,22,23)/t14-,18+/m1/s1. The number of amides is 1. The van der Waals surface area contributed by atoms with Crippen molar-refractivity contribution < 1.29 is 23.7 Å². The summed E-state index contributed by atoms with van der Waals surface area (Å²) in [6.07, 6.45) is -0.0542. The number of hydrogen-bond acceptors (Lipinski definition) is 5. The molecule has 0 aliphatic heterocycles. The summed E-state index contributed by atoms with van der Waals surface area (Å²) in [5.74, 6) is 2.36.